The largest absolute Gasteiger partial charge is 0.392 e. The molecule has 1 aliphatic rings. The Balaban J connectivity index is 1.39. The molecule has 0 radical (unpaired) electrons. The Bertz CT molecular complexity index is 1070. The predicted octanol–water partition coefficient (Wildman–Crippen LogP) is 3.98. The van der Waals surface area contributed by atoms with Crippen molar-refractivity contribution in [2.24, 2.45) is 5.92 Å². The molecule has 0 bridgehead atoms. The summed E-state index contributed by atoms with van der Waals surface area (Å²) < 4.78 is 3.22. The second kappa shape index (κ2) is 11.7. The van der Waals surface area contributed by atoms with Crippen molar-refractivity contribution in [3.63, 3.8) is 0 Å². The maximum absolute atomic E-state index is 13.4. The van der Waals surface area contributed by atoms with Gasteiger partial charge in [-0.25, -0.2) is 0 Å². The highest BCUT2D eigenvalue weighted by molar-refractivity contribution is 7.97. The summed E-state index contributed by atoms with van der Waals surface area (Å²) in [6.45, 7) is 2.42. The molecule has 0 aliphatic heterocycles. The van der Waals surface area contributed by atoms with E-state index in [0.29, 0.717) is 25.8 Å². The molecule has 4 atom stereocenters. The van der Waals surface area contributed by atoms with Crippen molar-refractivity contribution < 1.29 is 15.0 Å². The first-order chi connectivity index (χ1) is 16.5. The fourth-order valence-electron chi connectivity index (χ4n) is 4.44. The summed E-state index contributed by atoms with van der Waals surface area (Å²) in [4.78, 5) is 14.4. The molecule has 0 spiro atoms. The van der Waals surface area contributed by atoms with Crippen LogP contribution in [-0.4, -0.2) is 34.9 Å². The summed E-state index contributed by atoms with van der Waals surface area (Å²) in [5.41, 5.74) is 4.29. The molecule has 3 aromatic rings. The molecule has 0 saturated carbocycles. The van der Waals surface area contributed by atoms with Gasteiger partial charge in [-0.05, 0) is 60.5 Å². The number of hydrogen-bond donors (Lipinski definition) is 4. The summed E-state index contributed by atoms with van der Waals surface area (Å²) in [7, 11) is 0. The SMILES string of the molecule is Cc1ccc(SNCC(O)CC(Cc2ccccc2)C(=O)NC2c3ccccc3CC2O)cc1. The average molecular weight is 477 g/mol. The van der Waals surface area contributed by atoms with Gasteiger partial charge in [0.05, 0.1) is 18.2 Å². The third-order valence-corrected chi connectivity index (χ3v) is 7.10. The van der Waals surface area contributed by atoms with E-state index in [-0.39, 0.29) is 5.91 Å². The van der Waals surface area contributed by atoms with E-state index in [4.69, 9.17) is 0 Å². The zero-order valence-corrected chi connectivity index (χ0v) is 20.2. The minimum atomic E-state index is -0.682. The molecule has 4 N–H and O–H groups in total. The second-order valence-electron chi connectivity index (χ2n) is 9.00. The van der Waals surface area contributed by atoms with E-state index < -0.39 is 24.2 Å². The van der Waals surface area contributed by atoms with E-state index in [9.17, 15) is 15.0 Å². The maximum atomic E-state index is 13.4. The Morgan fingerprint density at radius 3 is 2.50 bits per heavy atom. The molecular weight excluding hydrogens is 444 g/mol. The minimum Gasteiger partial charge on any atom is -0.392 e. The van der Waals surface area contributed by atoms with Gasteiger partial charge in [-0.15, -0.1) is 0 Å². The van der Waals surface area contributed by atoms with Gasteiger partial charge in [-0.2, -0.15) is 0 Å². The lowest BCUT2D eigenvalue weighted by molar-refractivity contribution is -0.127. The van der Waals surface area contributed by atoms with Crippen molar-refractivity contribution in [1.82, 2.24) is 10.0 Å². The van der Waals surface area contributed by atoms with Gasteiger partial charge < -0.3 is 15.5 Å². The van der Waals surface area contributed by atoms with Crippen LogP contribution in [0.1, 0.15) is 34.7 Å². The Morgan fingerprint density at radius 2 is 1.74 bits per heavy atom. The minimum absolute atomic E-state index is 0.144. The van der Waals surface area contributed by atoms with Crippen LogP contribution in [0.15, 0.2) is 83.8 Å². The number of carbonyl (C=O) groups excluding carboxylic acids is 1. The Kier molecular flexibility index (Phi) is 8.40. The fourth-order valence-corrected chi connectivity index (χ4v) is 5.15. The maximum Gasteiger partial charge on any atom is 0.224 e. The molecule has 0 heterocycles. The fraction of sp³-hybridized carbons (Fsp3) is 0.321. The normalized spacial score (nSPS) is 18.8. The number of aliphatic hydroxyl groups is 2. The highest BCUT2D eigenvalue weighted by Gasteiger charge is 2.34. The molecule has 1 amide bonds. The van der Waals surface area contributed by atoms with Crippen molar-refractivity contribution in [3.05, 3.63) is 101 Å². The van der Waals surface area contributed by atoms with Crippen LogP contribution in [0.4, 0.5) is 0 Å². The lowest BCUT2D eigenvalue weighted by Crippen LogP contribution is -2.40. The van der Waals surface area contributed by atoms with E-state index in [1.807, 2.05) is 73.7 Å². The molecule has 3 aromatic carbocycles. The van der Waals surface area contributed by atoms with Gasteiger partial charge in [-0.1, -0.05) is 72.3 Å². The molecule has 4 unspecified atom stereocenters. The molecule has 0 fully saturated rings. The van der Waals surface area contributed by atoms with Gasteiger partial charge in [0.1, 0.15) is 0 Å². The molecular formula is C28H32N2O3S. The Hall–Kier alpha value is -2.64. The molecule has 5 nitrogen and oxygen atoms in total. The second-order valence-corrected chi connectivity index (χ2v) is 9.96. The zero-order chi connectivity index (χ0) is 23.9. The molecule has 4 rings (SSSR count). The van der Waals surface area contributed by atoms with Crippen LogP contribution in [0, 0.1) is 12.8 Å². The number of rotatable bonds is 10. The van der Waals surface area contributed by atoms with Crippen LogP contribution in [0.3, 0.4) is 0 Å². The van der Waals surface area contributed by atoms with Gasteiger partial charge >= 0.3 is 0 Å². The van der Waals surface area contributed by atoms with Crippen LogP contribution in [0.25, 0.3) is 0 Å². The van der Waals surface area contributed by atoms with E-state index in [1.165, 1.54) is 17.5 Å². The monoisotopic (exact) mass is 476 g/mol. The first kappa shape index (κ1) is 24.5. The number of fused-ring (bicyclic) bond motifs is 1. The number of amides is 1. The summed E-state index contributed by atoms with van der Waals surface area (Å²) in [5, 5.41) is 24.4. The Morgan fingerprint density at radius 1 is 1.03 bits per heavy atom. The van der Waals surface area contributed by atoms with Crippen LogP contribution in [0.5, 0.6) is 0 Å². The van der Waals surface area contributed by atoms with Crippen LogP contribution >= 0.6 is 11.9 Å². The number of aryl methyl sites for hydroxylation is 1. The third-order valence-electron chi connectivity index (χ3n) is 6.28. The highest BCUT2D eigenvalue weighted by atomic mass is 32.2. The van der Waals surface area contributed by atoms with E-state index in [2.05, 4.69) is 22.2 Å². The highest BCUT2D eigenvalue weighted by Crippen LogP contribution is 2.32. The molecule has 34 heavy (non-hydrogen) atoms. The lowest BCUT2D eigenvalue weighted by Gasteiger charge is -2.24. The first-order valence-electron chi connectivity index (χ1n) is 11.7. The van der Waals surface area contributed by atoms with Gasteiger partial charge in [0.25, 0.3) is 0 Å². The lowest BCUT2D eigenvalue weighted by atomic mass is 9.92. The average Bonchev–Trinajstić information content (AvgIpc) is 3.15. The van der Waals surface area contributed by atoms with Crippen molar-refractivity contribution in [1.29, 1.82) is 0 Å². The van der Waals surface area contributed by atoms with Crippen LogP contribution in [-0.2, 0) is 17.6 Å². The van der Waals surface area contributed by atoms with Gasteiger partial charge in [0, 0.05) is 23.8 Å². The molecule has 1 aliphatic carbocycles. The number of hydrogen-bond acceptors (Lipinski definition) is 5. The number of aliphatic hydroxyl groups excluding tert-OH is 2. The van der Waals surface area contributed by atoms with Gasteiger partial charge in [-0.3, -0.25) is 9.52 Å². The summed E-state index contributed by atoms with van der Waals surface area (Å²) >= 11 is 1.47. The zero-order valence-electron chi connectivity index (χ0n) is 19.4. The first-order valence-corrected chi connectivity index (χ1v) is 12.6. The summed E-state index contributed by atoms with van der Waals surface area (Å²) in [6.07, 6.45) is 0.0635. The van der Waals surface area contributed by atoms with Crippen molar-refractivity contribution in [3.8, 4) is 0 Å². The smallest absolute Gasteiger partial charge is 0.224 e. The standard InChI is InChI=1S/C28H32N2O3S/c1-19-11-13-24(14-12-19)34-29-18-23(31)16-22(15-20-7-3-2-4-8-20)28(33)30-27-25-10-6-5-9-21(25)17-26(27)32/h2-14,22-23,26-27,29,31-32H,15-18H2,1H3,(H,30,33). The van der Waals surface area contributed by atoms with Crippen molar-refractivity contribution in [2.45, 2.75) is 49.3 Å². The summed E-state index contributed by atoms with van der Waals surface area (Å²) in [6, 6.07) is 25.4. The number of carbonyl (C=O) groups is 1. The molecule has 178 valence electrons. The topological polar surface area (TPSA) is 81.6 Å². The predicted molar refractivity (Wildman–Crippen MR) is 136 cm³/mol. The molecule has 0 saturated heterocycles. The Labute approximate surface area is 205 Å². The number of nitrogens with one attached hydrogen (secondary N) is 2. The van der Waals surface area contributed by atoms with Crippen LogP contribution in [0.2, 0.25) is 0 Å². The van der Waals surface area contributed by atoms with Crippen LogP contribution < -0.4 is 10.0 Å². The van der Waals surface area contributed by atoms with Crippen molar-refractivity contribution in [2.75, 3.05) is 6.54 Å². The van der Waals surface area contributed by atoms with Gasteiger partial charge in [0.2, 0.25) is 5.91 Å². The van der Waals surface area contributed by atoms with E-state index in [0.717, 1.165) is 21.6 Å². The number of benzene rings is 3. The quantitative estimate of drug-likeness (QED) is 0.333. The van der Waals surface area contributed by atoms with Gasteiger partial charge in [0.15, 0.2) is 0 Å². The third kappa shape index (κ3) is 6.48. The van der Waals surface area contributed by atoms with E-state index in [1.54, 1.807) is 0 Å². The molecule has 0 aromatic heterocycles. The molecule has 6 heteroatoms. The summed E-state index contributed by atoms with van der Waals surface area (Å²) in [5.74, 6) is -0.557. The van der Waals surface area contributed by atoms with Crippen molar-refractivity contribution >= 4 is 17.9 Å². The van der Waals surface area contributed by atoms with E-state index >= 15 is 0 Å².